The molecule has 100 valence electrons. The number of fused-ring (bicyclic) bond motifs is 1. The van der Waals surface area contributed by atoms with Crippen LogP contribution < -0.4 is 5.69 Å². The molecule has 0 aliphatic carbocycles. The summed E-state index contributed by atoms with van der Waals surface area (Å²) in [7, 11) is 0. The van der Waals surface area contributed by atoms with E-state index in [-0.39, 0.29) is 17.0 Å². The van der Waals surface area contributed by atoms with Gasteiger partial charge in [0.25, 0.3) is 0 Å². The number of nitrogens with one attached hydrogen (secondary N) is 2. The van der Waals surface area contributed by atoms with E-state index in [1.54, 1.807) is 24.3 Å². The largest absolute Gasteiger partial charge is 0.323 e. The standard InChI is InChI=1S/C14H8BrFN2O2/c15-9-3-1-7(5-10(9)16)13(19)8-2-4-11-12(6-8)18-14(20)17-11/h1-6H,(H2,17,18,20). The summed E-state index contributed by atoms with van der Waals surface area (Å²) in [4.78, 5) is 28.6. The molecule has 0 atom stereocenters. The number of halogens is 2. The lowest BCUT2D eigenvalue weighted by Crippen LogP contribution is -2.02. The predicted molar refractivity (Wildman–Crippen MR) is 76.5 cm³/mol. The second kappa shape index (κ2) is 4.72. The number of aromatic nitrogens is 2. The number of hydrogen-bond donors (Lipinski definition) is 2. The summed E-state index contributed by atoms with van der Waals surface area (Å²) in [6.45, 7) is 0. The Morgan fingerprint density at radius 1 is 1.00 bits per heavy atom. The van der Waals surface area contributed by atoms with Gasteiger partial charge in [-0.1, -0.05) is 0 Å². The number of carbonyl (C=O) groups is 1. The van der Waals surface area contributed by atoms with E-state index in [0.717, 1.165) is 0 Å². The summed E-state index contributed by atoms with van der Waals surface area (Å²) in [6, 6.07) is 8.99. The van der Waals surface area contributed by atoms with Gasteiger partial charge in [0.1, 0.15) is 5.82 Å². The first-order valence-electron chi connectivity index (χ1n) is 5.76. The lowest BCUT2D eigenvalue weighted by atomic mass is 10.0. The minimum atomic E-state index is -0.494. The number of hydrogen-bond acceptors (Lipinski definition) is 2. The normalized spacial score (nSPS) is 10.9. The minimum absolute atomic E-state index is 0.253. The lowest BCUT2D eigenvalue weighted by molar-refractivity contribution is 0.103. The van der Waals surface area contributed by atoms with Gasteiger partial charge in [-0.05, 0) is 52.3 Å². The molecule has 0 amide bonds. The maximum Gasteiger partial charge on any atom is 0.323 e. The van der Waals surface area contributed by atoms with Crippen LogP contribution in [0, 0.1) is 5.82 Å². The van der Waals surface area contributed by atoms with E-state index in [1.807, 2.05) is 0 Å². The lowest BCUT2D eigenvalue weighted by Gasteiger charge is -2.02. The van der Waals surface area contributed by atoms with Crippen LogP contribution in [0.15, 0.2) is 45.7 Å². The Hall–Kier alpha value is -2.21. The topological polar surface area (TPSA) is 65.7 Å². The predicted octanol–water partition coefficient (Wildman–Crippen LogP) is 2.99. The van der Waals surface area contributed by atoms with Crippen molar-refractivity contribution in [1.82, 2.24) is 9.97 Å². The second-order valence-electron chi connectivity index (χ2n) is 4.30. The van der Waals surface area contributed by atoms with Gasteiger partial charge in [-0.15, -0.1) is 0 Å². The molecule has 0 fully saturated rings. The van der Waals surface area contributed by atoms with Crippen LogP contribution in [-0.2, 0) is 0 Å². The second-order valence-corrected chi connectivity index (χ2v) is 5.15. The van der Waals surface area contributed by atoms with Gasteiger partial charge in [0.15, 0.2) is 5.78 Å². The molecule has 0 aliphatic heterocycles. The highest BCUT2D eigenvalue weighted by Gasteiger charge is 2.12. The van der Waals surface area contributed by atoms with Crippen LogP contribution in [0.3, 0.4) is 0 Å². The monoisotopic (exact) mass is 334 g/mol. The number of rotatable bonds is 2. The Morgan fingerprint density at radius 2 is 1.65 bits per heavy atom. The average Bonchev–Trinajstić information content (AvgIpc) is 2.80. The van der Waals surface area contributed by atoms with E-state index in [9.17, 15) is 14.0 Å². The summed E-state index contributed by atoms with van der Waals surface area (Å²) >= 11 is 3.04. The molecule has 2 N–H and O–H groups in total. The maximum absolute atomic E-state index is 13.5. The molecule has 3 aromatic rings. The van der Waals surface area contributed by atoms with Crippen LogP contribution in [0.2, 0.25) is 0 Å². The fourth-order valence-corrected chi connectivity index (χ4v) is 2.22. The van der Waals surface area contributed by atoms with Gasteiger partial charge in [0, 0.05) is 11.1 Å². The molecular weight excluding hydrogens is 327 g/mol. The van der Waals surface area contributed by atoms with Crippen molar-refractivity contribution < 1.29 is 9.18 Å². The summed E-state index contributed by atoms with van der Waals surface area (Å²) in [5, 5.41) is 0. The van der Waals surface area contributed by atoms with Crippen LogP contribution >= 0.6 is 15.9 Å². The fourth-order valence-electron chi connectivity index (χ4n) is 1.98. The average molecular weight is 335 g/mol. The van der Waals surface area contributed by atoms with Crippen molar-refractivity contribution in [2.24, 2.45) is 0 Å². The first-order chi connectivity index (χ1) is 9.54. The molecule has 0 aliphatic rings. The van der Waals surface area contributed by atoms with E-state index >= 15 is 0 Å². The summed E-state index contributed by atoms with van der Waals surface area (Å²) in [5.41, 5.74) is 1.46. The van der Waals surface area contributed by atoms with Gasteiger partial charge in [-0.25, -0.2) is 9.18 Å². The van der Waals surface area contributed by atoms with E-state index < -0.39 is 5.82 Å². The van der Waals surface area contributed by atoms with Crippen molar-refractivity contribution >= 4 is 32.7 Å². The van der Waals surface area contributed by atoms with Gasteiger partial charge in [-0.3, -0.25) is 4.79 Å². The molecule has 0 unspecified atom stereocenters. The molecule has 3 rings (SSSR count). The molecular formula is C14H8BrFN2O2. The number of H-pyrrole nitrogens is 2. The SMILES string of the molecule is O=C(c1ccc(Br)c(F)c1)c1ccc2[nH]c(=O)[nH]c2c1. The van der Waals surface area contributed by atoms with Crippen molar-refractivity contribution in [3.05, 3.63) is 68.3 Å². The third-order valence-electron chi connectivity index (χ3n) is 2.96. The zero-order valence-corrected chi connectivity index (χ0v) is 11.6. The van der Waals surface area contributed by atoms with Crippen LogP contribution in [0.1, 0.15) is 15.9 Å². The van der Waals surface area contributed by atoms with Crippen LogP contribution in [0.5, 0.6) is 0 Å². The highest BCUT2D eigenvalue weighted by atomic mass is 79.9. The van der Waals surface area contributed by atoms with Crippen molar-refractivity contribution in [3.63, 3.8) is 0 Å². The zero-order valence-electron chi connectivity index (χ0n) is 10.0. The number of imidazole rings is 1. The van der Waals surface area contributed by atoms with Crippen LogP contribution in [-0.4, -0.2) is 15.8 Å². The molecule has 0 radical (unpaired) electrons. The van der Waals surface area contributed by atoms with Crippen molar-refractivity contribution in [2.75, 3.05) is 0 Å². The summed E-state index contributed by atoms with van der Waals surface area (Å²) < 4.78 is 13.8. The van der Waals surface area contributed by atoms with Crippen molar-refractivity contribution in [1.29, 1.82) is 0 Å². The number of carbonyl (C=O) groups excluding carboxylic acids is 1. The van der Waals surface area contributed by atoms with Crippen molar-refractivity contribution in [2.45, 2.75) is 0 Å². The summed E-state index contributed by atoms with van der Waals surface area (Å²) in [5.74, 6) is -0.799. The first-order valence-corrected chi connectivity index (χ1v) is 6.56. The third kappa shape index (κ3) is 2.18. The maximum atomic E-state index is 13.5. The molecule has 20 heavy (non-hydrogen) atoms. The molecule has 1 aromatic heterocycles. The van der Waals surface area contributed by atoms with E-state index in [4.69, 9.17) is 0 Å². The molecule has 0 saturated carbocycles. The van der Waals surface area contributed by atoms with Gasteiger partial charge >= 0.3 is 5.69 Å². The Bertz CT molecular complexity index is 882. The molecule has 4 nitrogen and oxygen atoms in total. The summed E-state index contributed by atoms with van der Waals surface area (Å²) in [6.07, 6.45) is 0. The molecule has 6 heteroatoms. The van der Waals surface area contributed by atoms with Gasteiger partial charge in [0.05, 0.1) is 15.5 Å². The van der Waals surface area contributed by atoms with Crippen LogP contribution in [0.4, 0.5) is 4.39 Å². The zero-order chi connectivity index (χ0) is 14.3. The molecule has 0 saturated heterocycles. The van der Waals surface area contributed by atoms with Gasteiger partial charge < -0.3 is 9.97 Å². The fraction of sp³-hybridized carbons (Fsp3) is 0. The third-order valence-corrected chi connectivity index (χ3v) is 3.60. The van der Waals surface area contributed by atoms with E-state index in [2.05, 4.69) is 25.9 Å². The molecule has 0 spiro atoms. The Kier molecular flexibility index (Phi) is 3.02. The molecule has 2 aromatic carbocycles. The molecule has 0 bridgehead atoms. The van der Waals surface area contributed by atoms with Crippen LogP contribution in [0.25, 0.3) is 11.0 Å². The smallest absolute Gasteiger partial charge is 0.306 e. The highest BCUT2D eigenvalue weighted by Crippen LogP contribution is 2.19. The number of benzene rings is 2. The van der Waals surface area contributed by atoms with Gasteiger partial charge in [-0.2, -0.15) is 0 Å². The number of aromatic amines is 2. The van der Waals surface area contributed by atoms with E-state index in [0.29, 0.717) is 21.1 Å². The Balaban J connectivity index is 2.07. The quantitative estimate of drug-likeness (QED) is 0.707. The minimum Gasteiger partial charge on any atom is -0.306 e. The van der Waals surface area contributed by atoms with Gasteiger partial charge in [0.2, 0.25) is 0 Å². The first kappa shape index (κ1) is 12.8. The Morgan fingerprint density at radius 3 is 2.40 bits per heavy atom. The van der Waals surface area contributed by atoms with E-state index in [1.165, 1.54) is 12.1 Å². The number of ketones is 1. The molecule has 1 heterocycles. The van der Waals surface area contributed by atoms with Crippen molar-refractivity contribution in [3.8, 4) is 0 Å². The highest BCUT2D eigenvalue weighted by molar-refractivity contribution is 9.10. The Labute approximate surface area is 120 Å².